The summed E-state index contributed by atoms with van der Waals surface area (Å²) in [6.07, 6.45) is 4.46. The second-order valence-corrected chi connectivity index (χ2v) is 17.7. The molecule has 278 valence electrons. The van der Waals surface area contributed by atoms with Crippen molar-refractivity contribution in [1.29, 1.82) is 0 Å². The van der Waals surface area contributed by atoms with E-state index >= 15 is 0 Å². The zero-order valence-electron chi connectivity index (χ0n) is 33.2. The van der Waals surface area contributed by atoms with Crippen molar-refractivity contribution in [2.75, 3.05) is 4.90 Å². The van der Waals surface area contributed by atoms with Gasteiger partial charge in [-0.15, -0.1) is 0 Å². The minimum absolute atomic E-state index is 0.0441. The molecule has 1 nitrogen and oxygen atoms in total. The van der Waals surface area contributed by atoms with Crippen molar-refractivity contribution in [3.05, 3.63) is 221 Å². The second-order valence-electron chi connectivity index (χ2n) is 17.7. The summed E-state index contributed by atoms with van der Waals surface area (Å²) in [6.45, 7) is 4.77. The zero-order chi connectivity index (χ0) is 38.6. The molecule has 2 spiro atoms. The van der Waals surface area contributed by atoms with Gasteiger partial charge in [-0.3, -0.25) is 0 Å². The van der Waals surface area contributed by atoms with E-state index in [-0.39, 0.29) is 16.2 Å². The number of hydrogen-bond acceptors (Lipinski definition) is 1. The summed E-state index contributed by atoms with van der Waals surface area (Å²) in [4.78, 5) is 2.56. The molecule has 1 fully saturated rings. The lowest BCUT2D eigenvalue weighted by Crippen LogP contribution is -2.39. The molecule has 0 atom stereocenters. The Morgan fingerprint density at radius 2 is 0.810 bits per heavy atom. The third-order valence-electron chi connectivity index (χ3n) is 14.7. The summed E-state index contributed by atoms with van der Waals surface area (Å²) in [6, 6.07) is 71.2. The molecule has 0 heterocycles. The highest BCUT2D eigenvalue weighted by Gasteiger charge is 2.53. The average Bonchev–Trinajstić information content (AvgIpc) is 3.81. The first kappa shape index (κ1) is 33.7. The Hall–Kier alpha value is -6.44. The first-order valence-corrected chi connectivity index (χ1v) is 21.1. The van der Waals surface area contributed by atoms with Gasteiger partial charge >= 0.3 is 0 Å². The van der Waals surface area contributed by atoms with E-state index in [4.69, 9.17) is 0 Å². The second kappa shape index (κ2) is 12.3. The fourth-order valence-corrected chi connectivity index (χ4v) is 12.0. The van der Waals surface area contributed by atoms with Gasteiger partial charge in [-0.2, -0.15) is 0 Å². The molecule has 8 aromatic rings. The summed E-state index contributed by atoms with van der Waals surface area (Å²) >= 11 is 0. The smallest absolute Gasteiger partial charge is 0.0543 e. The fourth-order valence-electron chi connectivity index (χ4n) is 12.0. The van der Waals surface area contributed by atoms with E-state index in [1.165, 1.54) is 95.0 Å². The van der Waals surface area contributed by atoms with Crippen molar-refractivity contribution >= 4 is 17.1 Å². The van der Waals surface area contributed by atoms with Crippen LogP contribution in [0.25, 0.3) is 44.5 Å². The highest BCUT2D eigenvalue weighted by Crippen LogP contribution is 2.64. The molecule has 1 heteroatoms. The largest absolute Gasteiger partial charge is 0.310 e. The van der Waals surface area contributed by atoms with E-state index in [0.29, 0.717) is 0 Å². The minimum atomic E-state index is -0.0985. The van der Waals surface area contributed by atoms with Gasteiger partial charge in [0.2, 0.25) is 0 Å². The highest BCUT2D eigenvalue weighted by atomic mass is 15.1. The van der Waals surface area contributed by atoms with Crippen LogP contribution in [-0.2, 0) is 16.2 Å². The molecular formula is C57H45N. The average molecular weight is 744 g/mol. The van der Waals surface area contributed by atoms with Gasteiger partial charge in [0.15, 0.2) is 0 Å². The fraction of sp³-hybridized carbons (Fsp3) is 0.158. The summed E-state index contributed by atoms with van der Waals surface area (Å²) in [5.41, 5.74) is 23.1. The molecule has 0 N–H and O–H groups in total. The predicted molar refractivity (Wildman–Crippen MR) is 241 cm³/mol. The standard InChI is InChI=1S/C57H45N/c1-55(2)47-24-10-9-23-46(47)54-51(55)28-15-29-53(54)58(40-19-14-18-39(36-40)38-16-4-3-5-17-38)41-30-31-45-44-22-8-13-27-50(44)57(52(45)37-41)34-32-56(33-35-57)48-25-11-6-20-42(48)43-21-7-12-26-49(43)56/h3-31,36-37H,32-35H2,1-2H3. The number of fused-ring (bicyclic) bond motifs is 13. The summed E-state index contributed by atoms with van der Waals surface area (Å²) < 4.78 is 0. The first-order chi connectivity index (χ1) is 28.5. The van der Waals surface area contributed by atoms with Crippen LogP contribution in [0.4, 0.5) is 17.1 Å². The van der Waals surface area contributed by atoms with E-state index < -0.39 is 0 Å². The predicted octanol–water partition coefficient (Wildman–Crippen LogP) is 14.9. The normalized spacial score (nSPS) is 16.6. The van der Waals surface area contributed by atoms with E-state index in [0.717, 1.165) is 25.7 Å². The lowest BCUT2D eigenvalue weighted by molar-refractivity contribution is 0.265. The molecular weight excluding hydrogens is 699 g/mol. The van der Waals surface area contributed by atoms with Crippen molar-refractivity contribution in [3.63, 3.8) is 0 Å². The van der Waals surface area contributed by atoms with Crippen LogP contribution >= 0.6 is 0 Å². The third-order valence-corrected chi connectivity index (χ3v) is 14.7. The van der Waals surface area contributed by atoms with Crippen molar-refractivity contribution in [2.45, 2.75) is 55.8 Å². The van der Waals surface area contributed by atoms with Gasteiger partial charge < -0.3 is 4.90 Å². The Bertz CT molecular complexity index is 2890. The van der Waals surface area contributed by atoms with Crippen LogP contribution in [-0.4, -0.2) is 0 Å². The third kappa shape index (κ3) is 4.53. The van der Waals surface area contributed by atoms with Crippen LogP contribution < -0.4 is 4.90 Å². The molecule has 12 rings (SSSR count). The summed E-state index contributed by atoms with van der Waals surface area (Å²) in [5.74, 6) is 0. The van der Waals surface area contributed by atoms with Crippen molar-refractivity contribution in [2.24, 2.45) is 0 Å². The Balaban J connectivity index is 1.05. The van der Waals surface area contributed by atoms with Gasteiger partial charge in [-0.25, -0.2) is 0 Å². The van der Waals surface area contributed by atoms with Crippen molar-refractivity contribution in [3.8, 4) is 44.5 Å². The van der Waals surface area contributed by atoms with Crippen LogP contribution in [0.15, 0.2) is 188 Å². The van der Waals surface area contributed by atoms with Crippen LogP contribution in [0.5, 0.6) is 0 Å². The molecule has 0 radical (unpaired) electrons. The number of anilines is 3. The van der Waals surface area contributed by atoms with Gasteiger partial charge in [0.25, 0.3) is 0 Å². The molecule has 1 saturated carbocycles. The summed E-state index contributed by atoms with van der Waals surface area (Å²) in [7, 11) is 0. The molecule has 8 aromatic carbocycles. The van der Waals surface area contributed by atoms with Crippen molar-refractivity contribution in [1.82, 2.24) is 0 Å². The SMILES string of the molecule is CC1(C)c2ccccc2-c2c(N(c3cccc(-c4ccccc4)c3)c3ccc4c(c3)C3(CCC5(CC3)c3ccccc3-c3ccccc35)c3ccccc3-4)cccc21. The number of benzene rings is 8. The molecule has 0 unspecified atom stereocenters. The quantitative estimate of drug-likeness (QED) is 0.173. The number of hydrogen-bond donors (Lipinski definition) is 0. The van der Waals surface area contributed by atoms with E-state index in [2.05, 4.69) is 207 Å². The maximum Gasteiger partial charge on any atom is 0.0543 e. The van der Waals surface area contributed by atoms with Crippen LogP contribution in [0.3, 0.4) is 0 Å². The van der Waals surface area contributed by atoms with Gasteiger partial charge in [-0.05, 0) is 128 Å². The molecule has 4 aliphatic rings. The lowest BCUT2D eigenvalue weighted by Gasteiger charge is -2.45. The van der Waals surface area contributed by atoms with Crippen LogP contribution in [0.2, 0.25) is 0 Å². The van der Waals surface area contributed by atoms with E-state index in [1.54, 1.807) is 0 Å². The number of rotatable bonds is 4. The Kier molecular flexibility index (Phi) is 7.13. The molecule has 0 aromatic heterocycles. The highest BCUT2D eigenvalue weighted by molar-refractivity contribution is 5.96. The molecule has 4 aliphatic carbocycles. The van der Waals surface area contributed by atoms with Gasteiger partial charge in [0, 0.05) is 33.2 Å². The first-order valence-electron chi connectivity index (χ1n) is 21.1. The minimum Gasteiger partial charge on any atom is -0.310 e. The Labute approximate surface area is 342 Å². The maximum atomic E-state index is 2.59. The maximum absolute atomic E-state index is 2.59. The monoisotopic (exact) mass is 743 g/mol. The molecule has 0 bridgehead atoms. The molecule has 0 aliphatic heterocycles. The van der Waals surface area contributed by atoms with Gasteiger partial charge in [0.05, 0.1) is 5.69 Å². The zero-order valence-corrected chi connectivity index (χ0v) is 33.2. The Morgan fingerprint density at radius 1 is 0.345 bits per heavy atom. The summed E-state index contributed by atoms with van der Waals surface area (Å²) in [5, 5.41) is 0. The topological polar surface area (TPSA) is 3.24 Å². The van der Waals surface area contributed by atoms with E-state index in [1.807, 2.05) is 0 Å². The molecule has 0 amide bonds. The molecule has 58 heavy (non-hydrogen) atoms. The van der Waals surface area contributed by atoms with Gasteiger partial charge in [-0.1, -0.05) is 172 Å². The van der Waals surface area contributed by atoms with E-state index in [9.17, 15) is 0 Å². The Morgan fingerprint density at radius 3 is 1.45 bits per heavy atom. The number of nitrogens with zero attached hydrogens (tertiary/aromatic N) is 1. The van der Waals surface area contributed by atoms with Crippen molar-refractivity contribution < 1.29 is 0 Å². The van der Waals surface area contributed by atoms with Gasteiger partial charge in [0.1, 0.15) is 0 Å². The lowest BCUT2D eigenvalue weighted by atomic mass is 9.57. The van der Waals surface area contributed by atoms with Crippen LogP contribution in [0.1, 0.15) is 72.9 Å². The van der Waals surface area contributed by atoms with Crippen LogP contribution in [0, 0.1) is 0 Å². The molecule has 0 saturated heterocycles.